The maximum atomic E-state index is 12.7. The molecule has 0 radical (unpaired) electrons. The number of rotatable bonds is 13. The van der Waals surface area contributed by atoms with Crippen molar-refractivity contribution in [3.63, 3.8) is 0 Å². The molecule has 2 N–H and O–H groups in total. The van der Waals surface area contributed by atoms with Crippen molar-refractivity contribution in [2.45, 2.75) is 85.7 Å². The molecule has 0 saturated heterocycles. The molecular weight excluding hydrogens is 398 g/mol. The Morgan fingerprint density at radius 2 is 1.58 bits per heavy atom. The highest BCUT2D eigenvalue weighted by Gasteiger charge is 2.32. The second-order valence-corrected chi connectivity index (χ2v) is 9.09. The lowest BCUT2D eigenvalue weighted by atomic mass is 9.82. The quantitative estimate of drug-likeness (QED) is 0.338. The van der Waals surface area contributed by atoms with E-state index in [2.05, 4.69) is 10.6 Å². The average Bonchev–Trinajstić information content (AvgIpc) is 3.02. The van der Waals surface area contributed by atoms with Gasteiger partial charge in [-0.15, -0.1) is 0 Å². The molecule has 0 saturated carbocycles. The smallest absolute Gasteiger partial charge is 0.253 e. The minimum absolute atomic E-state index is 0. The second-order valence-electron chi connectivity index (χ2n) is 9.09. The molecule has 0 spiro atoms. The fraction of sp³-hybridized carbons (Fsp3) is 0.696. The summed E-state index contributed by atoms with van der Waals surface area (Å²) in [4.78, 5) is 61.7. The number of Topliss-reactive ketones (excluding diaryl/α,β-unsaturated/α-hetero) is 1. The molecular formula is C23H41N3O5. The summed E-state index contributed by atoms with van der Waals surface area (Å²) >= 11 is 0. The van der Waals surface area contributed by atoms with Crippen LogP contribution >= 0.6 is 0 Å². The highest BCUT2D eigenvalue weighted by molar-refractivity contribution is 6.12. The fourth-order valence-electron chi connectivity index (χ4n) is 3.29. The summed E-state index contributed by atoms with van der Waals surface area (Å²) in [7, 11) is 0. The topological polar surface area (TPSA) is 113 Å². The highest BCUT2D eigenvalue weighted by atomic mass is 16.2. The molecule has 0 aromatic carbocycles. The van der Waals surface area contributed by atoms with Crippen LogP contribution in [0.1, 0.15) is 76.5 Å². The molecule has 1 heterocycles. The highest BCUT2D eigenvalue weighted by Crippen LogP contribution is 2.22. The molecule has 0 aliphatic carbocycles. The molecule has 31 heavy (non-hydrogen) atoms. The Bertz CT molecular complexity index is 720. The van der Waals surface area contributed by atoms with Gasteiger partial charge in [0.1, 0.15) is 6.04 Å². The van der Waals surface area contributed by atoms with Gasteiger partial charge in [0.25, 0.3) is 11.8 Å². The predicted molar refractivity (Wildman–Crippen MR) is 122 cm³/mol. The molecule has 0 unspecified atom stereocenters. The summed E-state index contributed by atoms with van der Waals surface area (Å²) in [5, 5.41) is 5.51. The Morgan fingerprint density at radius 3 is 2.10 bits per heavy atom. The standard InChI is InChI=1S/C23H37N3O5.2H2/c1-7-23(5,6)21(30)16(4)24-22(31)20(15(2)3)25-17(27)11-9-8-10-14-26-18(28)12-13-19(26)29;;/h12-13,15-16,20H,7-11,14H2,1-6H3,(H,24,31)(H,25,27);2*1H/t16-,20-;;/m0../s1. The number of unbranched alkanes of at least 4 members (excludes halogenated alkanes) is 2. The van der Waals surface area contributed by atoms with Crippen LogP contribution in [-0.2, 0) is 24.0 Å². The molecule has 4 amide bonds. The first-order valence-electron chi connectivity index (χ1n) is 11.1. The van der Waals surface area contributed by atoms with Crippen LogP contribution in [0.5, 0.6) is 0 Å². The van der Waals surface area contributed by atoms with Crippen LogP contribution in [0.15, 0.2) is 12.2 Å². The Hall–Kier alpha value is -2.51. The van der Waals surface area contributed by atoms with E-state index in [1.807, 2.05) is 34.6 Å². The van der Waals surface area contributed by atoms with E-state index < -0.39 is 17.5 Å². The third kappa shape index (κ3) is 7.92. The number of carbonyl (C=O) groups excluding carboxylic acids is 5. The maximum Gasteiger partial charge on any atom is 0.253 e. The van der Waals surface area contributed by atoms with Gasteiger partial charge in [0.2, 0.25) is 11.8 Å². The number of ketones is 1. The first kappa shape index (κ1) is 26.5. The van der Waals surface area contributed by atoms with Gasteiger partial charge < -0.3 is 10.6 Å². The number of hydrogen-bond donors (Lipinski definition) is 2. The first-order chi connectivity index (χ1) is 14.4. The SMILES string of the molecule is CCC(C)(C)C(=O)[C@H](C)NC(=O)[C@@H](NC(=O)CCCCCN1C(=O)C=CC1=O)C(C)C.[HH].[HH]. The van der Waals surface area contributed by atoms with Crippen molar-refractivity contribution >= 4 is 29.4 Å². The zero-order valence-corrected chi connectivity index (χ0v) is 19.6. The van der Waals surface area contributed by atoms with Gasteiger partial charge in [0.05, 0.1) is 6.04 Å². The maximum absolute atomic E-state index is 12.7. The van der Waals surface area contributed by atoms with E-state index in [9.17, 15) is 24.0 Å². The summed E-state index contributed by atoms with van der Waals surface area (Å²) in [5.41, 5.74) is -0.524. The molecule has 0 aromatic rings. The minimum Gasteiger partial charge on any atom is -0.345 e. The second kappa shape index (κ2) is 11.8. The van der Waals surface area contributed by atoms with Crippen LogP contribution in [0.2, 0.25) is 0 Å². The number of amides is 4. The van der Waals surface area contributed by atoms with Crippen molar-refractivity contribution in [2.24, 2.45) is 11.3 Å². The lowest BCUT2D eigenvalue weighted by Crippen LogP contribution is -2.54. The van der Waals surface area contributed by atoms with Gasteiger partial charge >= 0.3 is 0 Å². The van der Waals surface area contributed by atoms with Crippen LogP contribution < -0.4 is 10.6 Å². The number of hydrogen-bond acceptors (Lipinski definition) is 5. The number of imide groups is 1. The molecule has 0 fully saturated rings. The van der Waals surface area contributed by atoms with Crippen molar-refractivity contribution in [3.8, 4) is 0 Å². The molecule has 1 aliphatic heterocycles. The third-order valence-electron chi connectivity index (χ3n) is 5.75. The van der Waals surface area contributed by atoms with Crippen molar-refractivity contribution in [2.75, 3.05) is 6.54 Å². The van der Waals surface area contributed by atoms with Gasteiger partial charge in [0, 0.05) is 33.4 Å². The Kier molecular flexibility index (Phi) is 10.1. The van der Waals surface area contributed by atoms with E-state index in [0.717, 1.165) is 0 Å². The van der Waals surface area contributed by atoms with E-state index in [1.54, 1.807) is 6.92 Å². The summed E-state index contributed by atoms with van der Waals surface area (Å²) in [5.74, 6) is -1.38. The molecule has 8 nitrogen and oxygen atoms in total. The lowest BCUT2D eigenvalue weighted by molar-refractivity contribution is -0.137. The molecule has 8 heteroatoms. The van der Waals surface area contributed by atoms with E-state index in [-0.39, 0.29) is 44.6 Å². The molecule has 0 aromatic heterocycles. The van der Waals surface area contributed by atoms with Crippen LogP contribution in [0.3, 0.4) is 0 Å². The number of carbonyl (C=O) groups is 5. The molecule has 0 bridgehead atoms. The normalized spacial score (nSPS) is 15.9. The van der Waals surface area contributed by atoms with E-state index in [1.165, 1.54) is 17.1 Å². The van der Waals surface area contributed by atoms with E-state index in [4.69, 9.17) is 0 Å². The third-order valence-corrected chi connectivity index (χ3v) is 5.75. The predicted octanol–water partition coefficient (Wildman–Crippen LogP) is 2.61. The molecule has 1 aliphatic rings. The van der Waals surface area contributed by atoms with Gasteiger partial charge in [-0.1, -0.05) is 41.0 Å². The van der Waals surface area contributed by atoms with Crippen molar-refractivity contribution < 1.29 is 26.8 Å². The molecule has 1 rings (SSSR count). The Morgan fingerprint density at radius 1 is 1.00 bits per heavy atom. The molecule has 178 valence electrons. The zero-order chi connectivity index (χ0) is 23.8. The minimum atomic E-state index is -0.724. The van der Waals surface area contributed by atoms with Gasteiger partial charge in [-0.05, 0) is 32.1 Å². The van der Waals surface area contributed by atoms with Crippen LogP contribution in [0.25, 0.3) is 0 Å². The number of nitrogens with one attached hydrogen (secondary N) is 2. The molecule has 2 atom stereocenters. The van der Waals surface area contributed by atoms with Crippen LogP contribution in [0.4, 0.5) is 0 Å². The van der Waals surface area contributed by atoms with E-state index >= 15 is 0 Å². The van der Waals surface area contributed by atoms with Gasteiger partial charge in [-0.25, -0.2) is 0 Å². The summed E-state index contributed by atoms with van der Waals surface area (Å²) < 4.78 is 0. The van der Waals surface area contributed by atoms with Crippen LogP contribution in [0, 0.1) is 11.3 Å². The van der Waals surface area contributed by atoms with Gasteiger partial charge in [-0.3, -0.25) is 28.9 Å². The van der Waals surface area contributed by atoms with Gasteiger partial charge in [-0.2, -0.15) is 0 Å². The summed E-state index contributed by atoms with van der Waals surface area (Å²) in [6, 6.07) is -1.36. The average molecular weight is 440 g/mol. The first-order valence-corrected chi connectivity index (χ1v) is 11.1. The van der Waals surface area contributed by atoms with E-state index in [0.29, 0.717) is 32.2 Å². The van der Waals surface area contributed by atoms with Crippen molar-refractivity contribution in [1.29, 1.82) is 0 Å². The lowest BCUT2D eigenvalue weighted by Gasteiger charge is -2.28. The zero-order valence-electron chi connectivity index (χ0n) is 19.6. The fourth-order valence-corrected chi connectivity index (χ4v) is 3.29. The van der Waals surface area contributed by atoms with Crippen molar-refractivity contribution in [1.82, 2.24) is 15.5 Å². The van der Waals surface area contributed by atoms with Crippen molar-refractivity contribution in [3.05, 3.63) is 12.2 Å². The summed E-state index contributed by atoms with van der Waals surface area (Å²) in [6.45, 7) is 11.3. The monoisotopic (exact) mass is 439 g/mol. The van der Waals surface area contributed by atoms with Gasteiger partial charge in [0.15, 0.2) is 5.78 Å². The van der Waals surface area contributed by atoms with Crippen LogP contribution in [-0.4, -0.2) is 52.9 Å². The Labute approximate surface area is 188 Å². The summed E-state index contributed by atoms with van der Waals surface area (Å²) in [6.07, 6.45) is 5.31. The number of nitrogens with zero attached hydrogens (tertiary/aromatic N) is 1. The Balaban J connectivity index is 0. The largest absolute Gasteiger partial charge is 0.345 e.